The second kappa shape index (κ2) is 11.9. The van der Waals surface area contributed by atoms with E-state index in [0.29, 0.717) is 33.4 Å². The summed E-state index contributed by atoms with van der Waals surface area (Å²) in [4.78, 5) is 0. The summed E-state index contributed by atoms with van der Waals surface area (Å²) >= 11 is 0. The van der Waals surface area contributed by atoms with Crippen LogP contribution < -0.4 is 0 Å². The topological polar surface area (TPSA) is 105 Å². The highest BCUT2D eigenvalue weighted by Crippen LogP contribution is 2.45. The van der Waals surface area contributed by atoms with Crippen LogP contribution in [0.1, 0.15) is 22.3 Å². The Morgan fingerprint density at radius 1 is 0.365 bits per heavy atom. The van der Waals surface area contributed by atoms with Crippen LogP contribution in [0.25, 0.3) is 77.2 Å². The van der Waals surface area contributed by atoms with E-state index in [9.17, 15) is 21.0 Å². The zero-order valence-corrected chi connectivity index (χ0v) is 27.5. The standard InChI is InChI=1S/C46H24N6/c47-25-29-10-5-11-30(26-48)43(29)37-18-9-23-42-45(37)39-20-8-19-38(44-31(27-49)12-6-13-32(44)28-50)46(39)52(42)34-15-7-14-33(24-34)51-40-21-3-1-16-35(40)36-17-2-4-22-41(36)51/h1-24H. The van der Waals surface area contributed by atoms with E-state index in [2.05, 4.69) is 100 Å². The van der Waals surface area contributed by atoms with Crippen molar-refractivity contribution < 1.29 is 0 Å². The fourth-order valence-electron chi connectivity index (χ4n) is 7.82. The third kappa shape index (κ3) is 4.33. The zero-order valence-electron chi connectivity index (χ0n) is 27.5. The molecule has 0 amide bonds. The Balaban J connectivity index is 1.44. The van der Waals surface area contributed by atoms with Gasteiger partial charge in [0.1, 0.15) is 0 Å². The Kier molecular flexibility index (Phi) is 6.91. The number of para-hydroxylation sites is 3. The third-order valence-electron chi connectivity index (χ3n) is 9.89. The number of fused-ring (bicyclic) bond motifs is 6. The van der Waals surface area contributed by atoms with Crippen LogP contribution in [0.4, 0.5) is 0 Å². The molecule has 0 radical (unpaired) electrons. The first-order chi connectivity index (χ1) is 25.7. The smallest absolute Gasteiger partial charge is 0.0998 e. The quantitative estimate of drug-likeness (QED) is 0.187. The van der Waals surface area contributed by atoms with Crippen molar-refractivity contribution in [2.75, 3.05) is 0 Å². The van der Waals surface area contributed by atoms with Gasteiger partial charge in [-0.25, -0.2) is 0 Å². The van der Waals surface area contributed by atoms with Crippen LogP contribution in [0.5, 0.6) is 0 Å². The predicted molar refractivity (Wildman–Crippen MR) is 205 cm³/mol. The molecule has 2 aromatic heterocycles. The van der Waals surface area contributed by atoms with Crippen LogP contribution in [0.3, 0.4) is 0 Å². The molecule has 0 N–H and O–H groups in total. The fourth-order valence-corrected chi connectivity index (χ4v) is 7.82. The van der Waals surface area contributed by atoms with E-state index >= 15 is 0 Å². The van der Waals surface area contributed by atoms with Gasteiger partial charge in [0.25, 0.3) is 0 Å². The van der Waals surface area contributed by atoms with Crippen molar-refractivity contribution >= 4 is 43.6 Å². The van der Waals surface area contributed by atoms with Gasteiger partial charge in [-0.2, -0.15) is 21.0 Å². The van der Waals surface area contributed by atoms with Crippen LogP contribution in [-0.2, 0) is 0 Å². The van der Waals surface area contributed by atoms with E-state index in [1.54, 1.807) is 36.4 Å². The zero-order chi connectivity index (χ0) is 35.3. The lowest BCUT2D eigenvalue weighted by molar-refractivity contribution is 1.13. The fraction of sp³-hybridized carbons (Fsp3) is 0. The van der Waals surface area contributed by atoms with Crippen molar-refractivity contribution in [1.82, 2.24) is 9.13 Å². The summed E-state index contributed by atoms with van der Waals surface area (Å²) in [5, 5.41) is 45.1. The molecule has 0 spiro atoms. The molecule has 0 fully saturated rings. The minimum absolute atomic E-state index is 0.393. The summed E-state index contributed by atoms with van der Waals surface area (Å²) < 4.78 is 4.45. The first-order valence-electron chi connectivity index (χ1n) is 16.7. The molecule has 52 heavy (non-hydrogen) atoms. The van der Waals surface area contributed by atoms with Crippen molar-refractivity contribution in [3.63, 3.8) is 0 Å². The molecule has 6 nitrogen and oxygen atoms in total. The molecule has 0 saturated carbocycles. The molecule has 0 unspecified atom stereocenters. The van der Waals surface area contributed by atoms with Crippen LogP contribution >= 0.6 is 0 Å². The van der Waals surface area contributed by atoms with Gasteiger partial charge in [0.15, 0.2) is 0 Å². The average Bonchev–Trinajstić information content (AvgIpc) is 3.73. The molecular weight excluding hydrogens is 637 g/mol. The Hall–Kier alpha value is -7.90. The van der Waals surface area contributed by atoms with Gasteiger partial charge in [-0.05, 0) is 66.2 Å². The number of hydrogen-bond donors (Lipinski definition) is 0. The molecule has 7 aromatic carbocycles. The van der Waals surface area contributed by atoms with Gasteiger partial charge in [0, 0.05) is 49.6 Å². The summed E-state index contributed by atoms with van der Waals surface area (Å²) in [5.74, 6) is 0. The number of hydrogen-bond acceptors (Lipinski definition) is 4. The van der Waals surface area contributed by atoms with Gasteiger partial charge in [-0.3, -0.25) is 0 Å². The molecule has 0 saturated heterocycles. The van der Waals surface area contributed by atoms with E-state index in [4.69, 9.17) is 0 Å². The monoisotopic (exact) mass is 660 g/mol. The highest BCUT2D eigenvalue weighted by Gasteiger charge is 2.24. The van der Waals surface area contributed by atoms with Crippen molar-refractivity contribution in [3.05, 3.63) is 168 Å². The maximum absolute atomic E-state index is 10.3. The van der Waals surface area contributed by atoms with Crippen LogP contribution in [0.2, 0.25) is 0 Å². The first-order valence-corrected chi connectivity index (χ1v) is 16.7. The number of rotatable bonds is 4. The lowest BCUT2D eigenvalue weighted by atomic mass is 9.90. The van der Waals surface area contributed by atoms with Gasteiger partial charge >= 0.3 is 0 Å². The van der Waals surface area contributed by atoms with Gasteiger partial charge < -0.3 is 9.13 Å². The van der Waals surface area contributed by atoms with Crippen LogP contribution in [0.15, 0.2) is 146 Å². The summed E-state index contributed by atoms with van der Waals surface area (Å²) in [5.41, 5.74) is 9.85. The number of benzene rings is 7. The van der Waals surface area contributed by atoms with Crippen molar-refractivity contribution in [2.24, 2.45) is 0 Å². The number of nitriles is 4. The molecule has 9 rings (SSSR count). The minimum atomic E-state index is 0.393. The number of nitrogens with zero attached hydrogens (tertiary/aromatic N) is 6. The second-order valence-electron chi connectivity index (χ2n) is 12.5. The lowest BCUT2D eigenvalue weighted by Gasteiger charge is -2.15. The maximum atomic E-state index is 10.3. The Bertz CT molecular complexity index is 3010. The summed E-state index contributed by atoms with van der Waals surface area (Å²) in [6.45, 7) is 0. The molecular formula is C46H24N6. The van der Waals surface area contributed by atoms with E-state index in [1.807, 2.05) is 42.5 Å². The molecule has 0 aliphatic carbocycles. The highest BCUT2D eigenvalue weighted by atomic mass is 15.0. The summed E-state index contributed by atoms with van der Waals surface area (Å²) in [7, 11) is 0. The third-order valence-corrected chi connectivity index (χ3v) is 9.89. The molecule has 0 bridgehead atoms. The normalized spacial score (nSPS) is 11.0. The Morgan fingerprint density at radius 3 is 1.37 bits per heavy atom. The van der Waals surface area contributed by atoms with E-state index in [-0.39, 0.29) is 0 Å². The summed E-state index contributed by atoms with van der Waals surface area (Å²) in [6.07, 6.45) is 0. The van der Waals surface area contributed by atoms with Crippen molar-refractivity contribution in [2.45, 2.75) is 0 Å². The largest absolute Gasteiger partial charge is 0.309 e. The molecule has 0 aliphatic rings. The van der Waals surface area contributed by atoms with E-state index in [0.717, 1.165) is 66.1 Å². The van der Waals surface area contributed by atoms with Crippen LogP contribution in [0, 0.1) is 45.3 Å². The van der Waals surface area contributed by atoms with Gasteiger partial charge in [-0.15, -0.1) is 0 Å². The predicted octanol–water partition coefficient (Wildman–Crippen LogP) is 10.7. The minimum Gasteiger partial charge on any atom is -0.309 e. The molecule has 9 aromatic rings. The molecule has 2 heterocycles. The Labute approximate surface area is 298 Å². The van der Waals surface area contributed by atoms with Gasteiger partial charge in [0.2, 0.25) is 0 Å². The van der Waals surface area contributed by atoms with Crippen molar-refractivity contribution in [3.8, 4) is 57.9 Å². The van der Waals surface area contributed by atoms with E-state index < -0.39 is 0 Å². The molecule has 238 valence electrons. The van der Waals surface area contributed by atoms with Gasteiger partial charge in [0.05, 0.1) is 68.6 Å². The number of aromatic nitrogens is 2. The summed E-state index contributed by atoms with van der Waals surface area (Å²) in [6, 6.07) is 56.6. The SMILES string of the molecule is N#Cc1cccc(C#N)c1-c1cccc2c1c1cccc(-c3c(C#N)cccc3C#N)c1n2-c1cccc(-n2c3ccccc3c3ccccc32)c1. The Morgan fingerprint density at radius 2 is 0.788 bits per heavy atom. The van der Waals surface area contributed by atoms with E-state index in [1.165, 1.54) is 0 Å². The molecule has 0 atom stereocenters. The molecule has 0 aliphatic heterocycles. The van der Waals surface area contributed by atoms with Crippen LogP contribution in [-0.4, -0.2) is 9.13 Å². The molecule has 6 heteroatoms. The lowest BCUT2D eigenvalue weighted by Crippen LogP contribution is -2.00. The second-order valence-corrected chi connectivity index (χ2v) is 12.5. The van der Waals surface area contributed by atoms with Crippen molar-refractivity contribution in [1.29, 1.82) is 21.0 Å². The first kappa shape index (κ1) is 30.2. The average molecular weight is 661 g/mol. The van der Waals surface area contributed by atoms with Gasteiger partial charge in [-0.1, -0.05) is 84.9 Å². The highest BCUT2D eigenvalue weighted by molar-refractivity contribution is 6.20. The maximum Gasteiger partial charge on any atom is 0.0998 e.